The van der Waals surface area contributed by atoms with E-state index in [2.05, 4.69) is 25.1 Å². The van der Waals surface area contributed by atoms with Crippen molar-refractivity contribution in [3.8, 4) is 0 Å². The molecule has 0 saturated heterocycles. The zero-order valence-corrected chi connectivity index (χ0v) is 11.3. The summed E-state index contributed by atoms with van der Waals surface area (Å²) in [7, 11) is 0. The van der Waals surface area contributed by atoms with E-state index in [4.69, 9.17) is 4.74 Å². The Hall–Kier alpha value is -2.09. The Labute approximate surface area is 114 Å². The van der Waals surface area contributed by atoms with E-state index >= 15 is 0 Å². The number of esters is 1. The van der Waals surface area contributed by atoms with Gasteiger partial charge in [0.15, 0.2) is 0 Å². The highest BCUT2D eigenvalue weighted by atomic mass is 16.5. The highest BCUT2D eigenvalue weighted by Crippen LogP contribution is 2.22. The molecular formula is C17H18O2. The molecule has 2 nitrogen and oxygen atoms in total. The van der Waals surface area contributed by atoms with Gasteiger partial charge in [-0.1, -0.05) is 60.2 Å². The summed E-state index contributed by atoms with van der Waals surface area (Å²) in [5.41, 5.74) is 3.42. The molecule has 0 N–H and O–H groups in total. The normalized spacial score (nSPS) is 11.9. The van der Waals surface area contributed by atoms with Crippen LogP contribution in [-0.4, -0.2) is 5.97 Å². The third-order valence-electron chi connectivity index (χ3n) is 2.98. The summed E-state index contributed by atoms with van der Waals surface area (Å²) in [6, 6.07) is 18.1. The van der Waals surface area contributed by atoms with Gasteiger partial charge >= 0.3 is 5.97 Å². The summed E-state index contributed by atoms with van der Waals surface area (Å²) in [5.74, 6) is -0.249. The van der Waals surface area contributed by atoms with Crippen LogP contribution in [0, 0.1) is 6.92 Å². The minimum absolute atomic E-state index is 0.222. The molecule has 1 atom stereocenters. The molecule has 98 valence electrons. The smallest absolute Gasteiger partial charge is 0.303 e. The van der Waals surface area contributed by atoms with Crippen LogP contribution in [0.3, 0.4) is 0 Å². The number of aryl methyl sites for hydroxylation is 1. The maximum Gasteiger partial charge on any atom is 0.303 e. The predicted octanol–water partition coefficient (Wildman–Crippen LogP) is 3.84. The molecule has 1 unspecified atom stereocenters. The van der Waals surface area contributed by atoms with Gasteiger partial charge in [0.05, 0.1) is 0 Å². The fourth-order valence-corrected chi connectivity index (χ4v) is 2.15. The van der Waals surface area contributed by atoms with Crippen molar-refractivity contribution >= 4 is 5.97 Å². The second kappa shape index (κ2) is 6.19. The van der Waals surface area contributed by atoms with Crippen molar-refractivity contribution in [2.45, 2.75) is 26.4 Å². The Balaban J connectivity index is 2.21. The average Bonchev–Trinajstić information content (AvgIpc) is 2.38. The molecule has 0 radical (unpaired) electrons. The van der Waals surface area contributed by atoms with Gasteiger partial charge in [-0.25, -0.2) is 0 Å². The standard InChI is InChI=1S/C17H18O2/c1-13-7-6-8-15(11-13)12-17(19-14(2)18)16-9-4-3-5-10-16/h3-11,17H,12H2,1-2H3. The first-order valence-electron chi connectivity index (χ1n) is 6.43. The fraction of sp³-hybridized carbons (Fsp3) is 0.235. The molecule has 0 saturated carbocycles. The number of carbonyl (C=O) groups is 1. The van der Waals surface area contributed by atoms with E-state index in [0.29, 0.717) is 6.42 Å². The molecule has 0 aliphatic carbocycles. The molecule has 0 aliphatic rings. The topological polar surface area (TPSA) is 26.3 Å². The molecule has 0 fully saturated rings. The molecule has 2 rings (SSSR count). The van der Waals surface area contributed by atoms with Crippen molar-refractivity contribution in [2.75, 3.05) is 0 Å². The summed E-state index contributed by atoms with van der Waals surface area (Å²) in [6.07, 6.45) is 0.478. The molecular weight excluding hydrogens is 236 g/mol. The minimum atomic E-state index is -0.249. The molecule has 19 heavy (non-hydrogen) atoms. The van der Waals surface area contributed by atoms with Crippen molar-refractivity contribution in [1.82, 2.24) is 0 Å². The number of ether oxygens (including phenoxy) is 1. The van der Waals surface area contributed by atoms with Crippen LogP contribution in [-0.2, 0) is 16.0 Å². The first-order chi connectivity index (χ1) is 9.15. The molecule has 0 spiro atoms. The van der Waals surface area contributed by atoms with Crippen molar-refractivity contribution in [3.63, 3.8) is 0 Å². The number of carbonyl (C=O) groups excluding carboxylic acids is 1. The third-order valence-corrected chi connectivity index (χ3v) is 2.98. The van der Waals surface area contributed by atoms with E-state index < -0.39 is 0 Å². The lowest BCUT2D eigenvalue weighted by Gasteiger charge is -2.17. The predicted molar refractivity (Wildman–Crippen MR) is 75.8 cm³/mol. The van der Waals surface area contributed by atoms with Gasteiger partial charge in [0.1, 0.15) is 6.10 Å². The highest BCUT2D eigenvalue weighted by molar-refractivity contribution is 5.66. The maximum atomic E-state index is 11.3. The lowest BCUT2D eigenvalue weighted by atomic mass is 10.00. The van der Waals surface area contributed by atoms with Crippen molar-refractivity contribution in [2.24, 2.45) is 0 Å². The van der Waals surface area contributed by atoms with Crippen LogP contribution < -0.4 is 0 Å². The zero-order valence-electron chi connectivity index (χ0n) is 11.3. The third kappa shape index (κ3) is 3.95. The Morgan fingerprint density at radius 1 is 1.11 bits per heavy atom. The van der Waals surface area contributed by atoms with Crippen molar-refractivity contribution in [3.05, 3.63) is 71.3 Å². The molecule has 0 amide bonds. The lowest BCUT2D eigenvalue weighted by Crippen LogP contribution is -2.11. The van der Waals surface area contributed by atoms with Gasteiger partial charge in [0.2, 0.25) is 0 Å². The maximum absolute atomic E-state index is 11.3. The summed E-state index contributed by atoms with van der Waals surface area (Å²) >= 11 is 0. The van der Waals surface area contributed by atoms with Gasteiger partial charge in [0.25, 0.3) is 0 Å². The Morgan fingerprint density at radius 3 is 2.47 bits per heavy atom. The van der Waals surface area contributed by atoms with Crippen LogP contribution in [0.1, 0.15) is 29.7 Å². The van der Waals surface area contributed by atoms with E-state index in [1.807, 2.05) is 36.4 Å². The first-order valence-corrected chi connectivity index (χ1v) is 6.43. The molecule has 0 heterocycles. The summed E-state index contributed by atoms with van der Waals surface area (Å²) in [4.78, 5) is 11.3. The Bertz CT molecular complexity index is 546. The highest BCUT2D eigenvalue weighted by Gasteiger charge is 2.15. The zero-order chi connectivity index (χ0) is 13.7. The van der Waals surface area contributed by atoms with Crippen LogP contribution in [0.25, 0.3) is 0 Å². The van der Waals surface area contributed by atoms with Crippen LogP contribution in [0.4, 0.5) is 0 Å². The Kier molecular flexibility index (Phi) is 4.35. The SMILES string of the molecule is CC(=O)OC(Cc1cccc(C)c1)c1ccccc1. The lowest BCUT2D eigenvalue weighted by molar-refractivity contribution is -0.146. The summed E-state index contributed by atoms with van der Waals surface area (Å²) in [5, 5.41) is 0. The number of hydrogen-bond acceptors (Lipinski definition) is 2. The number of rotatable bonds is 4. The molecule has 2 aromatic rings. The van der Waals surface area contributed by atoms with Crippen LogP contribution in [0.2, 0.25) is 0 Å². The van der Waals surface area contributed by atoms with E-state index in [0.717, 1.165) is 5.56 Å². The molecule has 2 heteroatoms. The van der Waals surface area contributed by atoms with Crippen LogP contribution in [0.5, 0.6) is 0 Å². The van der Waals surface area contributed by atoms with Crippen molar-refractivity contribution in [1.29, 1.82) is 0 Å². The van der Waals surface area contributed by atoms with Gasteiger partial charge in [-0.15, -0.1) is 0 Å². The average molecular weight is 254 g/mol. The van der Waals surface area contributed by atoms with E-state index in [1.165, 1.54) is 18.1 Å². The number of benzene rings is 2. The summed E-state index contributed by atoms with van der Waals surface area (Å²) in [6.45, 7) is 3.51. The fourth-order valence-electron chi connectivity index (χ4n) is 2.15. The first kappa shape index (κ1) is 13.3. The summed E-state index contributed by atoms with van der Waals surface area (Å²) < 4.78 is 5.44. The van der Waals surface area contributed by atoms with E-state index in [-0.39, 0.29) is 12.1 Å². The molecule has 2 aromatic carbocycles. The number of hydrogen-bond donors (Lipinski definition) is 0. The molecule has 0 aliphatic heterocycles. The van der Waals surface area contributed by atoms with Crippen LogP contribution in [0.15, 0.2) is 54.6 Å². The van der Waals surface area contributed by atoms with Gasteiger partial charge in [0, 0.05) is 13.3 Å². The monoisotopic (exact) mass is 254 g/mol. The van der Waals surface area contributed by atoms with Gasteiger partial charge < -0.3 is 4.74 Å². The van der Waals surface area contributed by atoms with E-state index in [9.17, 15) is 4.79 Å². The minimum Gasteiger partial charge on any atom is -0.457 e. The van der Waals surface area contributed by atoms with E-state index in [1.54, 1.807) is 0 Å². The quantitative estimate of drug-likeness (QED) is 0.775. The second-order valence-electron chi connectivity index (χ2n) is 4.70. The second-order valence-corrected chi connectivity index (χ2v) is 4.70. The van der Waals surface area contributed by atoms with Crippen molar-refractivity contribution < 1.29 is 9.53 Å². The molecule has 0 bridgehead atoms. The van der Waals surface area contributed by atoms with Crippen LogP contribution >= 0.6 is 0 Å². The Morgan fingerprint density at radius 2 is 1.84 bits per heavy atom. The molecule has 0 aromatic heterocycles. The van der Waals surface area contributed by atoms with Gasteiger partial charge in [-0.3, -0.25) is 4.79 Å². The van der Waals surface area contributed by atoms with Gasteiger partial charge in [-0.05, 0) is 18.1 Å². The largest absolute Gasteiger partial charge is 0.457 e. The van der Waals surface area contributed by atoms with Gasteiger partial charge in [-0.2, -0.15) is 0 Å².